The summed E-state index contributed by atoms with van der Waals surface area (Å²) in [7, 11) is 0. The van der Waals surface area contributed by atoms with Gasteiger partial charge in [0, 0.05) is 23.2 Å². The van der Waals surface area contributed by atoms with Crippen molar-refractivity contribution in [2.24, 2.45) is 45.3 Å². The van der Waals surface area contributed by atoms with Gasteiger partial charge >= 0.3 is 5.97 Å². The molecule has 0 aromatic rings. The summed E-state index contributed by atoms with van der Waals surface area (Å²) in [4.78, 5) is 38.2. The molecule has 0 saturated heterocycles. The Morgan fingerprint density at radius 3 is 1.75 bits per heavy atom. The molecule has 4 heteroatoms. The van der Waals surface area contributed by atoms with Crippen LogP contribution in [0.4, 0.5) is 0 Å². The first-order valence-electron chi connectivity index (χ1n) is 11.1. The maximum Gasteiger partial charge on any atom is 0.305 e. The van der Waals surface area contributed by atoms with Crippen LogP contribution in [0.5, 0.6) is 0 Å². The van der Waals surface area contributed by atoms with Crippen LogP contribution in [0.2, 0.25) is 0 Å². The van der Waals surface area contributed by atoms with Crippen LogP contribution in [-0.2, 0) is 19.1 Å². The third-order valence-electron chi connectivity index (χ3n) is 10.4. The molecule has 28 heavy (non-hydrogen) atoms. The third-order valence-corrected chi connectivity index (χ3v) is 10.4. The van der Waals surface area contributed by atoms with Gasteiger partial charge in [-0.1, -0.05) is 41.5 Å². The Hall–Kier alpha value is -1.19. The first-order valence-corrected chi connectivity index (χ1v) is 11.1. The number of fused-ring (bicyclic) bond motifs is 4. The lowest BCUT2D eigenvalue weighted by atomic mass is 9.70. The monoisotopic (exact) mass is 388 g/mol. The molecule has 0 radical (unpaired) electrons. The minimum atomic E-state index is -0.273. The van der Waals surface area contributed by atoms with Crippen LogP contribution >= 0.6 is 0 Å². The Kier molecular flexibility index (Phi) is 4.25. The molecule has 4 aliphatic rings. The predicted molar refractivity (Wildman–Crippen MR) is 106 cm³/mol. The summed E-state index contributed by atoms with van der Waals surface area (Å²) < 4.78 is 5.57. The minimum Gasteiger partial charge on any atom is -0.465 e. The van der Waals surface area contributed by atoms with Gasteiger partial charge in [0.05, 0.1) is 5.92 Å². The van der Waals surface area contributed by atoms with Crippen molar-refractivity contribution in [3.05, 3.63) is 0 Å². The Morgan fingerprint density at radius 2 is 1.32 bits per heavy atom. The quantitative estimate of drug-likeness (QED) is 0.646. The van der Waals surface area contributed by atoms with Gasteiger partial charge in [0.25, 0.3) is 0 Å². The van der Waals surface area contributed by atoms with E-state index in [1.54, 1.807) is 0 Å². The van der Waals surface area contributed by atoms with Gasteiger partial charge in [0.15, 0.2) is 0 Å². The average Bonchev–Trinajstić information content (AvgIpc) is 3.10. The normalized spacial score (nSPS) is 45.1. The summed E-state index contributed by atoms with van der Waals surface area (Å²) in [5.41, 5.74) is -0.499. The Labute approximate surface area is 169 Å². The highest BCUT2D eigenvalue weighted by Gasteiger charge is 2.67. The van der Waals surface area contributed by atoms with Crippen molar-refractivity contribution in [3.8, 4) is 0 Å². The van der Waals surface area contributed by atoms with Crippen LogP contribution in [0.15, 0.2) is 0 Å². The zero-order chi connectivity index (χ0) is 20.7. The number of carbonyl (C=O) groups is 3. The topological polar surface area (TPSA) is 60.4 Å². The van der Waals surface area contributed by atoms with Crippen molar-refractivity contribution in [2.45, 2.75) is 80.1 Å². The molecule has 4 nitrogen and oxygen atoms in total. The molecule has 156 valence electrons. The maximum absolute atomic E-state index is 12.9. The van der Waals surface area contributed by atoms with E-state index < -0.39 is 0 Å². The fourth-order valence-corrected chi connectivity index (χ4v) is 7.60. The molecule has 6 atom stereocenters. The van der Waals surface area contributed by atoms with Crippen molar-refractivity contribution in [1.82, 2.24) is 0 Å². The second kappa shape index (κ2) is 5.92. The molecule has 4 fully saturated rings. The van der Waals surface area contributed by atoms with Gasteiger partial charge in [-0.15, -0.1) is 0 Å². The van der Waals surface area contributed by atoms with E-state index in [9.17, 15) is 14.4 Å². The Balaban J connectivity index is 1.32. The van der Waals surface area contributed by atoms with Crippen LogP contribution < -0.4 is 0 Å². The molecular weight excluding hydrogens is 352 g/mol. The second-order valence-electron chi connectivity index (χ2n) is 11.6. The highest BCUT2D eigenvalue weighted by molar-refractivity contribution is 5.92. The third kappa shape index (κ3) is 2.26. The van der Waals surface area contributed by atoms with Crippen LogP contribution in [0.1, 0.15) is 80.1 Å². The van der Waals surface area contributed by atoms with Crippen LogP contribution in [0, 0.1) is 45.3 Å². The van der Waals surface area contributed by atoms with E-state index in [0.717, 1.165) is 25.7 Å². The van der Waals surface area contributed by atoms with Crippen molar-refractivity contribution in [2.75, 3.05) is 6.61 Å². The van der Waals surface area contributed by atoms with E-state index in [-0.39, 0.29) is 58.3 Å². The molecule has 4 aliphatic carbocycles. The number of ether oxygens (including phenoxy) is 1. The van der Waals surface area contributed by atoms with Gasteiger partial charge in [0.2, 0.25) is 0 Å². The van der Waals surface area contributed by atoms with Gasteiger partial charge in [-0.25, -0.2) is 0 Å². The number of carbonyl (C=O) groups excluding carboxylic acids is 3. The highest BCUT2D eigenvalue weighted by atomic mass is 16.5. The lowest BCUT2D eigenvalue weighted by Crippen LogP contribution is -2.34. The fraction of sp³-hybridized carbons (Fsp3) is 0.875. The number of hydrogen-bond acceptors (Lipinski definition) is 4. The predicted octanol–water partition coefficient (Wildman–Crippen LogP) is 4.59. The largest absolute Gasteiger partial charge is 0.465 e. The molecule has 0 unspecified atom stereocenters. The van der Waals surface area contributed by atoms with Crippen molar-refractivity contribution < 1.29 is 19.1 Å². The Morgan fingerprint density at radius 1 is 0.857 bits per heavy atom. The minimum absolute atomic E-state index is 0.0109. The number of Topliss-reactive ketones (excluding diaryl/α,β-unsaturated/α-hetero) is 2. The van der Waals surface area contributed by atoms with E-state index in [4.69, 9.17) is 4.74 Å². The van der Waals surface area contributed by atoms with Gasteiger partial charge in [-0.3, -0.25) is 14.4 Å². The zero-order valence-electron chi connectivity index (χ0n) is 18.4. The van der Waals surface area contributed by atoms with Crippen molar-refractivity contribution >= 4 is 17.5 Å². The number of ketones is 2. The van der Waals surface area contributed by atoms with E-state index in [1.807, 2.05) is 0 Å². The van der Waals surface area contributed by atoms with Gasteiger partial charge in [0.1, 0.15) is 18.2 Å². The van der Waals surface area contributed by atoms with Crippen LogP contribution in [0.25, 0.3) is 0 Å². The standard InChI is InChI=1S/C24H36O4/c1-21(2)16-9-11-23(21,5)19(26)14(16)7-8-18(25)28-13-15-17-10-12-24(6,20(15)27)22(17,3)4/h14-17H,7-13H2,1-6H3/t14-,15-,16+,17-,23-,24-/m1/s1. The lowest BCUT2D eigenvalue weighted by Gasteiger charge is -2.32. The van der Waals surface area contributed by atoms with E-state index in [2.05, 4.69) is 41.5 Å². The molecule has 4 bridgehead atoms. The summed E-state index contributed by atoms with van der Waals surface area (Å²) in [6, 6.07) is 0. The average molecular weight is 389 g/mol. The lowest BCUT2D eigenvalue weighted by molar-refractivity contribution is -0.148. The molecule has 0 aromatic carbocycles. The molecule has 0 aromatic heterocycles. The van der Waals surface area contributed by atoms with E-state index in [0.29, 0.717) is 24.0 Å². The maximum atomic E-state index is 12.9. The van der Waals surface area contributed by atoms with Gasteiger partial charge < -0.3 is 4.74 Å². The number of esters is 1. The summed E-state index contributed by atoms with van der Waals surface area (Å²) in [5.74, 6) is 0.899. The molecule has 4 saturated carbocycles. The second-order valence-corrected chi connectivity index (χ2v) is 11.6. The van der Waals surface area contributed by atoms with Gasteiger partial charge in [-0.2, -0.15) is 0 Å². The highest BCUT2D eigenvalue weighted by Crippen LogP contribution is 2.67. The number of rotatable bonds is 5. The van der Waals surface area contributed by atoms with Crippen LogP contribution in [-0.4, -0.2) is 24.1 Å². The summed E-state index contributed by atoms with van der Waals surface area (Å²) in [6.07, 6.45) is 4.93. The zero-order valence-corrected chi connectivity index (χ0v) is 18.4. The summed E-state index contributed by atoms with van der Waals surface area (Å²) in [6.45, 7) is 13.2. The van der Waals surface area contributed by atoms with Crippen molar-refractivity contribution in [3.63, 3.8) is 0 Å². The summed E-state index contributed by atoms with van der Waals surface area (Å²) >= 11 is 0. The molecule has 0 spiro atoms. The fourth-order valence-electron chi connectivity index (χ4n) is 7.60. The summed E-state index contributed by atoms with van der Waals surface area (Å²) in [5, 5.41) is 0. The molecular formula is C24H36O4. The molecule has 0 amide bonds. The van der Waals surface area contributed by atoms with Crippen molar-refractivity contribution in [1.29, 1.82) is 0 Å². The molecule has 0 N–H and O–H groups in total. The Bertz CT molecular complexity index is 675. The first-order chi connectivity index (χ1) is 12.9. The number of hydrogen-bond donors (Lipinski definition) is 0. The SMILES string of the molecule is CC1(C)[C@@H]2CC[C@]1(C)C(=O)[C@@H]2COC(=O)CC[C@H]1C(=O)[C@@]2(C)CC[C@@H]1C2(C)C. The van der Waals surface area contributed by atoms with Crippen LogP contribution in [0.3, 0.4) is 0 Å². The molecule has 4 rings (SSSR count). The van der Waals surface area contributed by atoms with E-state index >= 15 is 0 Å². The molecule has 0 aliphatic heterocycles. The van der Waals surface area contributed by atoms with E-state index in [1.165, 1.54) is 0 Å². The van der Waals surface area contributed by atoms with Gasteiger partial charge in [-0.05, 0) is 54.8 Å². The smallest absolute Gasteiger partial charge is 0.305 e. The first kappa shape index (κ1) is 20.1. The molecule has 0 heterocycles.